The lowest BCUT2D eigenvalue weighted by Gasteiger charge is -2.24. The van der Waals surface area contributed by atoms with E-state index in [1.807, 2.05) is 30.1 Å². The summed E-state index contributed by atoms with van der Waals surface area (Å²) < 4.78 is 0. The molecule has 1 N–H and O–H groups in total. The summed E-state index contributed by atoms with van der Waals surface area (Å²) in [4.78, 5) is 14.6. The third-order valence-electron chi connectivity index (χ3n) is 4.55. The van der Waals surface area contributed by atoms with Crippen molar-refractivity contribution in [2.75, 3.05) is 20.1 Å². The largest absolute Gasteiger partial charge is 0.338 e. The van der Waals surface area contributed by atoms with Crippen molar-refractivity contribution < 1.29 is 4.79 Å². The first kappa shape index (κ1) is 18.5. The van der Waals surface area contributed by atoms with Gasteiger partial charge >= 0.3 is 0 Å². The summed E-state index contributed by atoms with van der Waals surface area (Å²) in [7, 11) is 1.95. The summed E-state index contributed by atoms with van der Waals surface area (Å²) in [5, 5.41) is 3.19. The second kappa shape index (κ2) is 8.86. The van der Waals surface area contributed by atoms with Crippen LogP contribution in [0.4, 0.5) is 0 Å². The third-order valence-corrected chi connectivity index (χ3v) is 4.55. The Kier molecular flexibility index (Phi) is 6.83. The molecule has 3 nitrogen and oxygen atoms in total. The van der Waals surface area contributed by atoms with Gasteiger partial charge in [0.2, 0.25) is 5.91 Å². The van der Waals surface area contributed by atoms with Crippen molar-refractivity contribution in [2.45, 2.75) is 25.3 Å². The summed E-state index contributed by atoms with van der Waals surface area (Å²) in [6, 6.07) is 19.0. The Balaban J connectivity index is 0.00000208. The van der Waals surface area contributed by atoms with Gasteiger partial charge in [0, 0.05) is 19.1 Å². The average Bonchev–Trinajstić information content (AvgIpc) is 3.05. The minimum atomic E-state index is 0. The fraction of sp³-hybridized carbons (Fsp3) is 0.350. The topological polar surface area (TPSA) is 32.3 Å². The molecule has 1 aliphatic rings. The Labute approximate surface area is 150 Å². The number of nitrogens with zero attached hydrogens (tertiary/aromatic N) is 1. The fourth-order valence-electron chi connectivity index (χ4n) is 3.33. The number of amides is 1. The molecule has 1 fully saturated rings. The quantitative estimate of drug-likeness (QED) is 0.900. The first-order valence-electron chi connectivity index (χ1n) is 8.36. The molecule has 0 radical (unpaired) electrons. The normalized spacial score (nSPS) is 16.7. The molecule has 0 aliphatic carbocycles. The predicted octanol–water partition coefficient (Wildman–Crippen LogP) is 3.53. The summed E-state index contributed by atoms with van der Waals surface area (Å²) in [5.74, 6) is 0.246. The van der Waals surface area contributed by atoms with E-state index in [-0.39, 0.29) is 18.3 Å². The van der Waals surface area contributed by atoms with E-state index in [4.69, 9.17) is 0 Å². The van der Waals surface area contributed by atoms with Crippen molar-refractivity contribution in [3.05, 3.63) is 60.2 Å². The van der Waals surface area contributed by atoms with Crippen molar-refractivity contribution in [3.63, 3.8) is 0 Å². The van der Waals surface area contributed by atoms with Gasteiger partial charge in [0.05, 0.1) is 6.42 Å². The molecule has 128 valence electrons. The zero-order valence-electron chi connectivity index (χ0n) is 14.1. The number of likely N-dealkylation sites (tertiary alicyclic amines) is 1. The van der Waals surface area contributed by atoms with E-state index in [9.17, 15) is 4.79 Å². The summed E-state index contributed by atoms with van der Waals surface area (Å²) in [5.41, 5.74) is 3.49. The predicted molar refractivity (Wildman–Crippen MR) is 101 cm³/mol. The summed E-state index contributed by atoms with van der Waals surface area (Å²) in [6.45, 7) is 1.78. The van der Waals surface area contributed by atoms with Gasteiger partial charge < -0.3 is 10.2 Å². The van der Waals surface area contributed by atoms with Gasteiger partial charge in [-0.2, -0.15) is 0 Å². The molecule has 1 heterocycles. The second-order valence-corrected chi connectivity index (χ2v) is 6.18. The Morgan fingerprint density at radius 2 is 1.75 bits per heavy atom. The Bertz CT molecular complexity index is 642. The van der Waals surface area contributed by atoms with Gasteiger partial charge in [0.15, 0.2) is 0 Å². The number of hydrogen-bond acceptors (Lipinski definition) is 2. The van der Waals surface area contributed by atoms with Crippen LogP contribution in [0.3, 0.4) is 0 Å². The van der Waals surface area contributed by atoms with Gasteiger partial charge in [-0.15, -0.1) is 12.4 Å². The highest BCUT2D eigenvalue weighted by Gasteiger charge is 2.27. The van der Waals surface area contributed by atoms with Crippen molar-refractivity contribution in [1.29, 1.82) is 0 Å². The van der Waals surface area contributed by atoms with E-state index in [1.54, 1.807) is 0 Å². The molecule has 0 bridgehead atoms. The van der Waals surface area contributed by atoms with Crippen LogP contribution in [0, 0.1) is 0 Å². The molecule has 1 amide bonds. The van der Waals surface area contributed by atoms with Gasteiger partial charge in [-0.25, -0.2) is 0 Å². The summed E-state index contributed by atoms with van der Waals surface area (Å²) >= 11 is 0. The van der Waals surface area contributed by atoms with Gasteiger partial charge in [-0.1, -0.05) is 54.6 Å². The number of carbonyl (C=O) groups is 1. The molecule has 1 atom stereocenters. The third kappa shape index (κ3) is 4.37. The lowest BCUT2D eigenvalue weighted by molar-refractivity contribution is -0.131. The Morgan fingerprint density at radius 3 is 2.42 bits per heavy atom. The highest BCUT2D eigenvalue weighted by atomic mass is 35.5. The SMILES string of the molecule is CNCC1CCCN1C(=O)Cc1ccc(-c2ccccc2)cc1.Cl. The van der Waals surface area contributed by atoms with Gasteiger partial charge in [0.25, 0.3) is 0 Å². The average molecular weight is 345 g/mol. The van der Waals surface area contributed by atoms with Crippen LogP contribution in [-0.2, 0) is 11.2 Å². The van der Waals surface area contributed by atoms with E-state index in [1.165, 1.54) is 11.1 Å². The van der Waals surface area contributed by atoms with Crippen molar-refractivity contribution in [1.82, 2.24) is 10.2 Å². The maximum absolute atomic E-state index is 12.6. The first-order valence-corrected chi connectivity index (χ1v) is 8.36. The van der Waals surface area contributed by atoms with Crippen LogP contribution in [-0.4, -0.2) is 37.0 Å². The van der Waals surface area contributed by atoms with Crippen molar-refractivity contribution >= 4 is 18.3 Å². The van der Waals surface area contributed by atoms with E-state index in [0.29, 0.717) is 12.5 Å². The van der Waals surface area contributed by atoms with Crippen LogP contribution in [0.15, 0.2) is 54.6 Å². The van der Waals surface area contributed by atoms with E-state index in [0.717, 1.165) is 31.5 Å². The minimum absolute atomic E-state index is 0. The van der Waals surface area contributed by atoms with Crippen LogP contribution in [0.1, 0.15) is 18.4 Å². The standard InChI is InChI=1S/C20H24N2O.ClH/c1-21-15-19-8-5-13-22(19)20(23)14-16-9-11-18(12-10-16)17-6-3-2-4-7-17;/h2-4,6-7,9-12,19,21H,5,8,13-15H2,1H3;1H. The first-order chi connectivity index (χ1) is 11.3. The zero-order valence-corrected chi connectivity index (χ0v) is 14.9. The van der Waals surface area contributed by atoms with E-state index in [2.05, 4.69) is 41.7 Å². The maximum atomic E-state index is 12.6. The number of benzene rings is 2. The molecule has 2 aromatic carbocycles. The molecule has 0 spiro atoms. The Morgan fingerprint density at radius 1 is 1.08 bits per heavy atom. The van der Waals surface area contributed by atoms with Gasteiger partial charge in [-0.05, 0) is 36.6 Å². The molecule has 0 aromatic heterocycles. The molecule has 3 rings (SSSR count). The number of halogens is 1. The van der Waals surface area contributed by atoms with Crippen molar-refractivity contribution in [2.24, 2.45) is 0 Å². The smallest absolute Gasteiger partial charge is 0.227 e. The molecule has 24 heavy (non-hydrogen) atoms. The Hall–Kier alpha value is -1.84. The molecule has 2 aromatic rings. The van der Waals surface area contributed by atoms with Crippen LogP contribution in [0.2, 0.25) is 0 Å². The number of carbonyl (C=O) groups excluding carboxylic acids is 1. The van der Waals surface area contributed by atoms with Crippen LogP contribution < -0.4 is 5.32 Å². The number of rotatable bonds is 5. The van der Waals surface area contributed by atoms with Gasteiger partial charge in [0.1, 0.15) is 0 Å². The molecule has 4 heteroatoms. The number of hydrogen-bond donors (Lipinski definition) is 1. The van der Waals surface area contributed by atoms with Crippen LogP contribution in [0.5, 0.6) is 0 Å². The molecular formula is C20H25ClN2O. The fourth-order valence-corrected chi connectivity index (χ4v) is 3.33. The molecule has 1 aliphatic heterocycles. The van der Waals surface area contributed by atoms with Gasteiger partial charge in [-0.3, -0.25) is 4.79 Å². The monoisotopic (exact) mass is 344 g/mol. The minimum Gasteiger partial charge on any atom is -0.338 e. The number of nitrogens with one attached hydrogen (secondary N) is 1. The maximum Gasteiger partial charge on any atom is 0.227 e. The summed E-state index contributed by atoms with van der Waals surface area (Å²) in [6.07, 6.45) is 2.72. The molecule has 0 saturated carbocycles. The van der Waals surface area contributed by atoms with Crippen LogP contribution in [0.25, 0.3) is 11.1 Å². The molecule has 1 unspecified atom stereocenters. The highest BCUT2D eigenvalue weighted by molar-refractivity contribution is 5.85. The van der Waals surface area contributed by atoms with E-state index < -0.39 is 0 Å². The lowest BCUT2D eigenvalue weighted by atomic mass is 10.0. The number of likely N-dealkylation sites (N-methyl/N-ethyl adjacent to an activating group) is 1. The van der Waals surface area contributed by atoms with Crippen LogP contribution >= 0.6 is 12.4 Å². The lowest BCUT2D eigenvalue weighted by Crippen LogP contribution is -2.41. The molecule has 1 saturated heterocycles. The highest BCUT2D eigenvalue weighted by Crippen LogP contribution is 2.21. The second-order valence-electron chi connectivity index (χ2n) is 6.18. The zero-order chi connectivity index (χ0) is 16.1. The van der Waals surface area contributed by atoms with E-state index >= 15 is 0 Å². The van der Waals surface area contributed by atoms with Crippen molar-refractivity contribution in [3.8, 4) is 11.1 Å². The molecular weight excluding hydrogens is 320 g/mol.